The van der Waals surface area contributed by atoms with Gasteiger partial charge >= 0.3 is 0 Å². The van der Waals surface area contributed by atoms with Gasteiger partial charge in [0.15, 0.2) is 18.0 Å². The molecule has 2 aliphatic rings. The van der Waals surface area contributed by atoms with Crippen molar-refractivity contribution in [2.45, 2.75) is 39.3 Å². The van der Waals surface area contributed by atoms with Crippen LogP contribution < -0.4 is 19.3 Å². The van der Waals surface area contributed by atoms with Crippen molar-refractivity contribution >= 4 is 29.0 Å². The van der Waals surface area contributed by atoms with E-state index in [1.807, 2.05) is 25.1 Å². The van der Waals surface area contributed by atoms with Gasteiger partial charge < -0.3 is 14.4 Å². The van der Waals surface area contributed by atoms with Crippen LogP contribution in [-0.2, 0) is 9.59 Å². The Hall–Kier alpha value is -3.61. The maximum absolute atomic E-state index is 13.5. The van der Waals surface area contributed by atoms with Crippen LogP contribution in [0.15, 0.2) is 49.1 Å². The number of aryl methyl sites for hydroxylation is 1. The smallest absolute Gasteiger partial charge is 0.271 e. The third-order valence-electron chi connectivity index (χ3n) is 5.74. The molecule has 0 bridgehead atoms. The predicted molar refractivity (Wildman–Crippen MR) is 122 cm³/mol. The van der Waals surface area contributed by atoms with E-state index >= 15 is 0 Å². The van der Waals surface area contributed by atoms with Gasteiger partial charge in [-0.3, -0.25) is 19.3 Å². The van der Waals surface area contributed by atoms with Crippen LogP contribution in [0.2, 0.25) is 0 Å². The molecule has 0 aliphatic carbocycles. The zero-order chi connectivity index (χ0) is 23.2. The van der Waals surface area contributed by atoms with E-state index in [1.165, 1.54) is 9.80 Å². The van der Waals surface area contributed by atoms with Crippen LogP contribution in [-0.4, -0.2) is 42.4 Å². The highest BCUT2D eigenvalue weighted by molar-refractivity contribution is 6.12. The lowest BCUT2D eigenvalue weighted by Crippen LogP contribution is -2.57. The number of hydrogen-bond donors (Lipinski definition) is 0. The molecule has 0 spiro atoms. The third-order valence-corrected chi connectivity index (χ3v) is 5.74. The summed E-state index contributed by atoms with van der Waals surface area (Å²) in [6, 6.07) is 9.77. The summed E-state index contributed by atoms with van der Waals surface area (Å²) in [4.78, 5) is 42.1. The number of fused-ring (bicyclic) bond motifs is 2. The lowest BCUT2D eigenvalue weighted by atomic mass is 9.97. The average Bonchev–Trinajstić information content (AvgIpc) is 2.76. The van der Waals surface area contributed by atoms with Crippen LogP contribution >= 0.6 is 0 Å². The van der Waals surface area contributed by atoms with Crippen molar-refractivity contribution in [2.75, 3.05) is 23.0 Å². The van der Waals surface area contributed by atoms with Crippen LogP contribution in [0.1, 0.15) is 36.7 Å². The number of nitrogens with zero attached hydrogens (tertiary/aromatic N) is 2. The van der Waals surface area contributed by atoms with Gasteiger partial charge in [0.1, 0.15) is 11.5 Å². The summed E-state index contributed by atoms with van der Waals surface area (Å²) in [6.45, 7) is 11.0. The number of hydrogen-bond acceptors (Lipinski definition) is 5. The molecule has 4 rings (SSSR count). The lowest BCUT2D eigenvalue weighted by Gasteiger charge is -2.41. The van der Waals surface area contributed by atoms with Gasteiger partial charge in [0.05, 0.1) is 17.4 Å². The number of carbonyl (C=O) groups is 3. The molecule has 1 atom stereocenters. The molecular formula is C25H26N2O5. The Morgan fingerprint density at radius 1 is 1.16 bits per heavy atom. The maximum Gasteiger partial charge on any atom is 0.271 e. The Bertz CT molecular complexity index is 1140. The van der Waals surface area contributed by atoms with Crippen LogP contribution in [0.4, 0.5) is 11.4 Å². The molecule has 2 aromatic rings. The summed E-state index contributed by atoms with van der Waals surface area (Å²) >= 11 is 0. The normalized spacial score (nSPS) is 17.6. The summed E-state index contributed by atoms with van der Waals surface area (Å²) < 4.78 is 11.4. The van der Waals surface area contributed by atoms with Gasteiger partial charge in [-0.15, -0.1) is 6.58 Å². The summed E-state index contributed by atoms with van der Waals surface area (Å²) in [5.74, 6) is 0.343. The van der Waals surface area contributed by atoms with Crippen LogP contribution in [0.3, 0.4) is 0 Å². The van der Waals surface area contributed by atoms with E-state index < -0.39 is 11.6 Å². The summed E-state index contributed by atoms with van der Waals surface area (Å²) in [5, 5.41) is 0. The number of ketones is 1. The van der Waals surface area contributed by atoms with Crippen LogP contribution in [0.5, 0.6) is 11.5 Å². The Labute approximate surface area is 187 Å². The summed E-state index contributed by atoms with van der Waals surface area (Å²) in [6.07, 6.45) is 1.62. The Morgan fingerprint density at radius 3 is 2.59 bits per heavy atom. The number of anilines is 2. The highest BCUT2D eigenvalue weighted by Crippen LogP contribution is 2.40. The second-order valence-corrected chi connectivity index (χ2v) is 8.56. The van der Waals surface area contributed by atoms with Gasteiger partial charge in [-0.1, -0.05) is 12.1 Å². The van der Waals surface area contributed by atoms with Crippen LogP contribution in [0, 0.1) is 6.92 Å². The largest absolute Gasteiger partial charge is 0.482 e. The molecule has 0 radical (unpaired) electrons. The monoisotopic (exact) mass is 434 g/mol. The molecule has 166 valence electrons. The van der Waals surface area contributed by atoms with E-state index in [2.05, 4.69) is 6.58 Å². The molecule has 0 fully saturated rings. The standard InChI is InChI=1S/C25H26N2O5/c1-6-11-26-18-13-17(8-10-20(18)31-14-22(26)28)23(29)16(3)27-19-12-15(2)7-9-21(19)32-25(4,5)24(27)30/h6-10,12-13,16H,1,11,14H2,2-5H3. The minimum atomic E-state index is -1.10. The van der Waals surface area contributed by atoms with Crippen molar-refractivity contribution < 1.29 is 23.9 Å². The molecule has 2 aliphatic heterocycles. The number of benzene rings is 2. The molecular weight excluding hydrogens is 408 g/mol. The highest BCUT2D eigenvalue weighted by Gasteiger charge is 2.44. The van der Waals surface area contributed by atoms with Crippen molar-refractivity contribution in [2.24, 2.45) is 0 Å². The van der Waals surface area contributed by atoms with Gasteiger partial charge in [-0.25, -0.2) is 0 Å². The first-order valence-corrected chi connectivity index (χ1v) is 10.5. The minimum absolute atomic E-state index is 0.0575. The van der Waals surface area contributed by atoms with Crippen LogP contribution in [0.25, 0.3) is 0 Å². The SMILES string of the molecule is C=CCN1C(=O)COc2ccc(C(=O)C(C)N3C(=O)C(C)(C)Oc4ccc(C)cc43)cc21. The lowest BCUT2D eigenvalue weighted by molar-refractivity contribution is -0.133. The average molecular weight is 434 g/mol. The van der Waals surface area contributed by atoms with Gasteiger partial charge in [0.25, 0.3) is 11.8 Å². The molecule has 0 aromatic heterocycles. The van der Waals surface area contributed by atoms with Gasteiger partial charge in [0.2, 0.25) is 0 Å². The van der Waals surface area contributed by atoms with E-state index in [1.54, 1.807) is 45.0 Å². The van der Waals surface area contributed by atoms with Gasteiger partial charge in [-0.2, -0.15) is 0 Å². The summed E-state index contributed by atoms with van der Waals surface area (Å²) in [7, 11) is 0. The molecule has 2 heterocycles. The fourth-order valence-corrected chi connectivity index (χ4v) is 4.05. The summed E-state index contributed by atoms with van der Waals surface area (Å²) in [5.41, 5.74) is 1.32. The fourth-order valence-electron chi connectivity index (χ4n) is 4.05. The quantitative estimate of drug-likeness (QED) is 0.530. The van der Waals surface area contributed by atoms with Crippen molar-refractivity contribution in [3.8, 4) is 11.5 Å². The number of rotatable bonds is 5. The number of carbonyl (C=O) groups excluding carboxylic acids is 3. The fraction of sp³-hybridized carbons (Fsp3) is 0.320. The Balaban J connectivity index is 1.73. The molecule has 7 nitrogen and oxygen atoms in total. The Morgan fingerprint density at radius 2 is 1.88 bits per heavy atom. The van der Waals surface area contributed by atoms with E-state index in [9.17, 15) is 14.4 Å². The maximum atomic E-state index is 13.5. The van der Waals surface area contributed by atoms with Crippen molar-refractivity contribution in [1.29, 1.82) is 0 Å². The first-order chi connectivity index (χ1) is 15.1. The molecule has 0 N–H and O–H groups in total. The van der Waals surface area contributed by atoms with Gasteiger partial charge in [-0.05, 0) is 63.6 Å². The second kappa shape index (κ2) is 7.82. The zero-order valence-corrected chi connectivity index (χ0v) is 18.7. The van der Waals surface area contributed by atoms with Crippen molar-refractivity contribution in [1.82, 2.24) is 0 Å². The molecule has 0 saturated heterocycles. The van der Waals surface area contributed by atoms with Crippen molar-refractivity contribution in [3.05, 3.63) is 60.2 Å². The molecule has 2 amide bonds. The number of amides is 2. The first-order valence-electron chi connectivity index (χ1n) is 10.5. The second-order valence-electron chi connectivity index (χ2n) is 8.56. The Kier molecular flexibility index (Phi) is 5.28. The van der Waals surface area contributed by atoms with E-state index in [4.69, 9.17) is 9.47 Å². The topological polar surface area (TPSA) is 76.2 Å². The van der Waals surface area contributed by atoms with E-state index in [0.717, 1.165) is 5.56 Å². The number of Topliss-reactive ketones (excluding diaryl/α,β-unsaturated/α-hetero) is 1. The zero-order valence-electron chi connectivity index (χ0n) is 18.7. The van der Waals surface area contributed by atoms with Crippen molar-refractivity contribution in [3.63, 3.8) is 0 Å². The predicted octanol–water partition coefficient (Wildman–Crippen LogP) is 3.68. The van der Waals surface area contributed by atoms with E-state index in [0.29, 0.717) is 35.0 Å². The molecule has 2 aromatic carbocycles. The van der Waals surface area contributed by atoms with Gasteiger partial charge in [0, 0.05) is 12.1 Å². The highest BCUT2D eigenvalue weighted by atomic mass is 16.5. The molecule has 0 saturated carbocycles. The molecule has 7 heteroatoms. The molecule has 32 heavy (non-hydrogen) atoms. The van der Waals surface area contributed by atoms with E-state index in [-0.39, 0.29) is 24.2 Å². The first kappa shape index (κ1) is 21.6. The minimum Gasteiger partial charge on any atom is -0.482 e. The third kappa shape index (κ3) is 3.53. The number of ether oxygens (including phenoxy) is 2. The molecule has 1 unspecified atom stereocenters.